The molecule has 0 N–H and O–H groups in total. The van der Waals surface area contributed by atoms with Crippen LogP contribution in [-0.2, 0) is 19.2 Å². The van der Waals surface area contributed by atoms with Crippen LogP contribution >= 0.6 is 0 Å². The van der Waals surface area contributed by atoms with Crippen LogP contribution in [0.4, 0.5) is 0 Å². The maximum absolute atomic E-state index is 12.5. The van der Waals surface area contributed by atoms with Gasteiger partial charge in [0.2, 0.25) is 10.9 Å². The second kappa shape index (κ2) is 36.2. The van der Waals surface area contributed by atoms with Gasteiger partial charge in [0, 0.05) is 25.7 Å². The molecule has 0 aliphatic rings. The molecule has 0 bridgehead atoms. The fourth-order valence-electron chi connectivity index (χ4n) is 7.20. The molecule has 0 saturated heterocycles. The zero-order valence-corrected chi connectivity index (χ0v) is 38.3. The molecule has 2 rings (SSSR count). The Labute approximate surface area is 372 Å². The third kappa shape index (κ3) is 28.3. The lowest BCUT2D eigenvalue weighted by Gasteiger charge is -2.04. The van der Waals surface area contributed by atoms with Crippen molar-refractivity contribution in [3.63, 3.8) is 0 Å². The summed E-state index contributed by atoms with van der Waals surface area (Å²) in [5.41, 5.74) is -0.999. The SMILES string of the molecule is CCCCCCCCCCCCCCCC(=O)Oc1ccc(OC(=O)CCCCC(=O)Oc2ccc(OC(=O)CCCCCCCCCCCCCCC)c(=O)cc2)ccc1=O. The van der Waals surface area contributed by atoms with Crippen LogP contribution in [-0.4, -0.2) is 23.9 Å². The molecule has 10 heteroatoms. The molecule has 0 amide bonds. The van der Waals surface area contributed by atoms with Crippen LogP contribution in [0.3, 0.4) is 0 Å². The molecule has 2 aromatic carbocycles. The van der Waals surface area contributed by atoms with Crippen molar-refractivity contribution in [2.24, 2.45) is 0 Å². The second-order valence-electron chi connectivity index (χ2n) is 16.7. The lowest BCUT2D eigenvalue weighted by Crippen LogP contribution is -2.12. The van der Waals surface area contributed by atoms with Gasteiger partial charge in [-0.3, -0.25) is 28.8 Å². The van der Waals surface area contributed by atoms with E-state index in [1.807, 2.05) is 0 Å². The summed E-state index contributed by atoms with van der Waals surface area (Å²) in [5.74, 6) is -2.02. The van der Waals surface area contributed by atoms with Crippen LogP contribution in [0.2, 0.25) is 0 Å². The molecule has 0 aliphatic carbocycles. The molecule has 10 nitrogen and oxygen atoms in total. The monoisotopic (exact) mass is 863 g/mol. The summed E-state index contributed by atoms with van der Waals surface area (Å²) in [4.78, 5) is 74.7. The highest BCUT2D eigenvalue weighted by molar-refractivity contribution is 5.74. The number of rotatable bonds is 37. The second-order valence-corrected chi connectivity index (χ2v) is 16.7. The summed E-state index contributed by atoms with van der Waals surface area (Å²) in [6.07, 6.45) is 32.6. The molecule has 0 spiro atoms. The average Bonchev–Trinajstić information content (AvgIpc) is 3.53. The van der Waals surface area contributed by atoms with Gasteiger partial charge in [0.1, 0.15) is 11.5 Å². The summed E-state index contributed by atoms with van der Waals surface area (Å²) in [6, 6.07) is 10.6. The molecule has 0 aromatic heterocycles. The van der Waals surface area contributed by atoms with Gasteiger partial charge in [-0.25, -0.2) is 0 Å². The highest BCUT2D eigenvalue weighted by Crippen LogP contribution is 2.18. The van der Waals surface area contributed by atoms with Crippen molar-refractivity contribution < 1.29 is 38.1 Å². The van der Waals surface area contributed by atoms with Crippen molar-refractivity contribution in [1.29, 1.82) is 0 Å². The molecule has 2 aromatic rings. The Kier molecular flexibility index (Phi) is 31.4. The first-order valence-corrected chi connectivity index (χ1v) is 24.3. The predicted molar refractivity (Wildman–Crippen MR) is 247 cm³/mol. The van der Waals surface area contributed by atoms with Gasteiger partial charge in [-0.1, -0.05) is 168 Å². The van der Waals surface area contributed by atoms with Crippen molar-refractivity contribution in [3.05, 3.63) is 69.0 Å². The van der Waals surface area contributed by atoms with E-state index >= 15 is 0 Å². The number of hydrogen-bond donors (Lipinski definition) is 0. The zero-order valence-electron chi connectivity index (χ0n) is 38.3. The quantitative estimate of drug-likeness (QED) is 0.0476. The maximum Gasteiger partial charge on any atom is 0.311 e. The topological polar surface area (TPSA) is 139 Å². The Morgan fingerprint density at radius 1 is 0.306 bits per heavy atom. The van der Waals surface area contributed by atoms with Crippen molar-refractivity contribution in [2.75, 3.05) is 0 Å². The van der Waals surface area contributed by atoms with Crippen molar-refractivity contribution in [2.45, 2.75) is 219 Å². The predicted octanol–water partition coefficient (Wildman–Crippen LogP) is 13.3. The smallest absolute Gasteiger partial charge is 0.311 e. The van der Waals surface area contributed by atoms with Crippen LogP contribution < -0.4 is 29.8 Å². The number of hydrogen-bond acceptors (Lipinski definition) is 10. The van der Waals surface area contributed by atoms with Crippen LogP contribution in [0.15, 0.2) is 58.1 Å². The van der Waals surface area contributed by atoms with Crippen LogP contribution in [0.1, 0.15) is 219 Å². The standard InChI is InChI=1S/C52H78O10/c1-3-5-7-9-11-13-15-17-19-21-23-25-27-31-51(57)61-47-41-37-43(35-39-45(47)53)59-49(55)33-29-30-34-50(56)60-44-36-40-46(54)48(42-38-44)62-52(58)32-28-26-24-22-20-18-16-14-12-10-8-6-4-2/h35-42H,3-34H2,1-2H3. The summed E-state index contributed by atoms with van der Waals surface area (Å²) in [5, 5.41) is 0. The number of carbonyl (C=O) groups excluding carboxylic acids is 4. The Balaban J connectivity index is 1.59. The van der Waals surface area contributed by atoms with Gasteiger partial charge in [-0.15, -0.1) is 0 Å². The molecular weight excluding hydrogens is 785 g/mol. The Morgan fingerprint density at radius 2 is 0.532 bits per heavy atom. The third-order valence-electron chi connectivity index (χ3n) is 11.0. The van der Waals surface area contributed by atoms with Crippen LogP contribution in [0.25, 0.3) is 0 Å². The van der Waals surface area contributed by atoms with Crippen molar-refractivity contribution in [3.8, 4) is 23.0 Å². The molecular formula is C52H78O10. The van der Waals surface area contributed by atoms with Gasteiger partial charge in [0.15, 0.2) is 11.5 Å². The Morgan fingerprint density at radius 3 is 0.823 bits per heavy atom. The van der Waals surface area contributed by atoms with E-state index in [-0.39, 0.29) is 48.7 Å². The normalized spacial score (nSPS) is 10.9. The minimum absolute atomic E-state index is 0.0188. The minimum Gasteiger partial charge on any atom is -0.427 e. The van der Waals surface area contributed by atoms with Gasteiger partial charge in [0.05, 0.1) is 0 Å². The van der Waals surface area contributed by atoms with E-state index in [2.05, 4.69) is 13.8 Å². The molecule has 0 radical (unpaired) electrons. The molecule has 0 aliphatic heterocycles. The first-order chi connectivity index (χ1) is 30.2. The molecule has 346 valence electrons. The Hall–Kier alpha value is -4.34. The van der Waals surface area contributed by atoms with Gasteiger partial charge >= 0.3 is 23.9 Å². The highest BCUT2D eigenvalue weighted by Gasteiger charge is 2.12. The van der Waals surface area contributed by atoms with Gasteiger partial charge in [0.25, 0.3) is 0 Å². The fourth-order valence-corrected chi connectivity index (χ4v) is 7.20. The van der Waals surface area contributed by atoms with E-state index < -0.39 is 34.7 Å². The Bertz CT molecular complexity index is 1550. The van der Waals surface area contributed by atoms with E-state index in [0.29, 0.717) is 25.7 Å². The molecule has 0 atom stereocenters. The average molecular weight is 863 g/mol. The van der Waals surface area contributed by atoms with Crippen molar-refractivity contribution >= 4 is 23.9 Å². The minimum atomic E-state index is -0.549. The van der Waals surface area contributed by atoms with Crippen LogP contribution in [0, 0.1) is 0 Å². The molecule has 0 heterocycles. The van der Waals surface area contributed by atoms with Gasteiger partial charge in [-0.2, -0.15) is 0 Å². The summed E-state index contributed by atoms with van der Waals surface area (Å²) in [6.45, 7) is 4.48. The van der Waals surface area contributed by atoms with E-state index in [4.69, 9.17) is 18.9 Å². The van der Waals surface area contributed by atoms with Crippen LogP contribution in [0.5, 0.6) is 23.0 Å². The first kappa shape index (κ1) is 53.8. The fraction of sp³-hybridized carbons (Fsp3) is 0.654. The van der Waals surface area contributed by atoms with E-state index in [1.54, 1.807) is 0 Å². The lowest BCUT2D eigenvalue weighted by atomic mass is 10.0. The molecule has 0 saturated carbocycles. The zero-order chi connectivity index (χ0) is 44.9. The van der Waals surface area contributed by atoms with E-state index in [9.17, 15) is 28.8 Å². The summed E-state index contributed by atoms with van der Waals surface area (Å²) >= 11 is 0. The van der Waals surface area contributed by atoms with E-state index in [0.717, 1.165) is 25.7 Å². The first-order valence-electron chi connectivity index (χ1n) is 24.3. The molecule has 62 heavy (non-hydrogen) atoms. The molecule has 0 fully saturated rings. The van der Waals surface area contributed by atoms with Gasteiger partial charge in [-0.05, 0) is 74.2 Å². The summed E-state index contributed by atoms with van der Waals surface area (Å²) < 4.78 is 21.4. The summed E-state index contributed by atoms with van der Waals surface area (Å²) in [7, 11) is 0. The van der Waals surface area contributed by atoms with Crippen molar-refractivity contribution in [1.82, 2.24) is 0 Å². The largest absolute Gasteiger partial charge is 0.427 e. The number of ether oxygens (including phenoxy) is 4. The highest BCUT2D eigenvalue weighted by atomic mass is 16.5. The number of carbonyl (C=O) groups is 4. The van der Waals surface area contributed by atoms with E-state index in [1.165, 1.54) is 177 Å². The maximum atomic E-state index is 12.5. The number of unbranched alkanes of at least 4 members (excludes halogenated alkanes) is 25. The lowest BCUT2D eigenvalue weighted by molar-refractivity contribution is -0.136. The third-order valence-corrected chi connectivity index (χ3v) is 11.0. The number of esters is 4. The molecule has 0 unspecified atom stereocenters. The van der Waals surface area contributed by atoms with Gasteiger partial charge < -0.3 is 18.9 Å².